The molecule has 1 aliphatic rings. The van der Waals surface area contributed by atoms with E-state index in [4.69, 9.17) is 54.2 Å². The minimum Gasteiger partial charge on any atom is -0.497 e. The lowest BCUT2D eigenvalue weighted by molar-refractivity contribution is -0.259. The van der Waals surface area contributed by atoms with Gasteiger partial charge < -0.3 is 32.7 Å². The highest BCUT2D eigenvalue weighted by atomic mass is 35.5. The number of hydrogen-bond acceptors (Lipinski definition) is 16. The van der Waals surface area contributed by atoms with Crippen molar-refractivity contribution in [2.24, 2.45) is 0 Å². The fourth-order valence-electron chi connectivity index (χ4n) is 11.0. The Morgan fingerprint density at radius 3 is 2.12 bits per heavy atom. The number of nitrogens with one attached hydrogen (secondary N) is 2. The number of benzene rings is 5. The zero-order valence-corrected chi connectivity index (χ0v) is 52.2. The Morgan fingerprint density at radius 2 is 1.48 bits per heavy atom. The summed E-state index contributed by atoms with van der Waals surface area (Å²) in [7, 11) is 1.28. The monoisotopic (exact) mass is 1210 g/mol. The second kappa shape index (κ2) is 31.9. The molecule has 3 heterocycles. The molecule has 0 amide bonds. The van der Waals surface area contributed by atoms with Gasteiger partial charge in [0.25, 0.3) is 14.1 Å². The number of aromatic amines is 1. The van der Waals surface area contributed by atoms with Crippen LogP contribution in [0.4, 0.5) is 0 Å². The normalized spacial score (nSPS) is 16.6. The first-order valence-corrected chi connectivity index (χ1v) is 31.3. The molecule has 5 atom stereocenters. The number of hydrazine groups is 1. The number of fused-ring (bicyclic) bond motifs is 2. The van der Waals surface area contributed by atoms with Crippen LogP contribution in [0.1, 0.15) is 133 Å². The van der Waals surface area contributed by atoms with Gasteiger partial charge in [0.15, 0.2) is 18.1 Å². The van der Waals surface area contributed by atoms with E-state index in [0.717, 1.165) is 53.1 Å². The van der Waals surface area contributed by atoms with E-state index in [1.807, 2.05) is 110 Å². The van der Waals surface area contributed by atoms with Gasteiger partial charge in [-0.25, -0.2) is 19.9 Å². The zero-order chi connectivity index (χ0) is 61.2. The van der Waals surface area contributed by atoms with Gasteiger partial charge in [0.2, 0.25) is 0 Å². The van der Waals surface area contributed by atoms with Crippen LogP contribution < -0.4 is 30.9 Å². The summed E-state index contributed by atoms with van der Waals surface area (Å²) >= 11 is 6.42. The van der Waals surface area contributed by atoms with E-state index in [0.29, 0.717) is 84.2 Å². The molecule has 18 nitrogen and oxygen atoms in total. The van der Waals surface area contributed by atoms with Crippen LogP contribution in [0.5, 0.6) is 17.2 Å². The van der Waals surface area contributed by atoms with Gasteiger partial charge in [-0.1, -0.05) is 105 Å². The molecule has 1 aliphatic heterocycles. The average molecular weight is 1210 g/mol. The van der Waals surface area contributed by atoms with Crippen molar-refractivity contribution in [2.45, 2.75) is 142 Å². The first kappa shape index (κ1) is 65.4. The number of H-pyrrole nitrogens is 1. The van der Waals surface area contributed by atoms with Gasteiger partial charge in [0.1, 0.15) is 35.1 Å². The summed E-state index contributed by atoms with van der Waals surface area (Å²) in [6.45, 7) is 13.7. The number of halogens is 1. The van der Waals surface area contributed by atoms with Crippen molar-refractivity contribution in [3.05, 3.63) is 176 Å². The number of unbranched alkanes of at least 4 members (excludes halogenated alkanes) is 5. The van der Waals surface area contributed by atoms with E-state index < -0.39 is 49.9 Å². The Labute approximate surface area is 510 Å². The number of hydroxylamine groups is 1. The van der Waals surface area contributed by atoms with Crippen molar-refractivity contribution < 1.29 is 42.4 Å². The number of ether oxygens (including phenoxy) is 5. The van der Waals surface area contributed by atoms with Crippen molar-refractivity contribution in [3.63, 3.8) is 0 Å². The van der Waals surface area contributed by atoms with Gasteiger partial charge in [-0.15, -0.1) is 5.17 Å². The number of carbonyl (C=O) groups excluding carboxylic acids is 1. The third kappa shape index (κ3) is 16.1. The number of nitrogens with zero attached hydrogens (tertiary/aromatic N) is 5. The van der Waals surface area contributed by atoms with Crippen molar-refractivity contribution in [3.8, 4) is 23.3 Å². The molecule has 86 heavy (non-hydrogen) atoms. The standard InChI is InChI=1S/C66H81ClN7O11P/c1-9-11-12-19-39-73(69-38-18-14-17-23-58(75)61-54-34-28-50(67)42-57(54)70-56-35-33-53(80-10-2)43-55(56)61)84-63-62(85-86(82-41-20-37-68)74(45(3)4)46(5)6)59(83-64(63)72-40-36-60(76)71-65(72)77)44-81-66(47-21-15-13-16-22-47,48-24-29-51(78-7)30-25-48)49-26-31-52(79-8)32-27-49/h13,15-16,21-22,24-36,40,42-43,45-46,59,62-64,69H,9-12,14,17-20,23,38-39,41,44H2,1-8H3,(H,71,76,77)/t59-,62-,63-,64-,86?/m1/s1. The molecule has 1 saturated heterocycles. The smallest absolute Gasteiger partial charge is 0.330 e. The summed E-state index contributed by atoms with van der Waals surface area (Å²) in [4.78, 5) is 55.7. The molecule has 5 aromatic carbocycles. The predicted octanol–water partition coefficient (Wildman–Crippen LogP) is 13.0. The molecule has 0 saturated carbocycles. The van der Waals surface area contributed by atoms with Crippen LogP contribution in [0.25, 0.3) is 21.8 Å². The highest BCUT2D eigenvalue weighted by Crippen LogP contribution is 2.51. The van der Waals surface area contributed by atoms with Crippen LogP contribution in [0.2, 0.25) is 5.02 Å². The lowest BCUT2D eigenvalue weighted by Crippen LogP contribution is -2.49. The summed E-state index contributed by atoms with van der Waals surface area (Å²) in [5.74, 6) is 1.98. The maximum Gasteiger partial charge on any atom is 0.330 e. The lowest BCUT2D eigenvalue weighted by Gasteiger charge is -2.40. The molecule has 1 unspecified atom stereocenters. The molecule has 0 aliphatic carbocycles. The van der Waals surface area contributed by atoms with E-state index in [-0.39, 0.29) is 37.5 Å². The second-order valence-electron chi connectivity index (χ2n) is 21.6. The second-order valence-corrected chi connectivity index (χ2v) is 23.5. The molecule has 0 spiro atoms. The number of Topliss-reactive ketones (excluding diaryl/α,β-unsaturated/α-hetero) is 1. The minimum absolute atomic E-state index is 0.000589. The summed E-state index contributed by atoms with van der Waals surface area (Å²) in [5, 5.41) is 13.5. The van der Waals surface area contributed by atoms with Crippen LogP contribution in [0.3, 0.4) is 0 Å². The Morgan fingerprint density at radius 1 is 0.802 bits per heavy atom. The van der Waals surface area contributed by atoms with Crippen LogP contribution in [-0.2, 0) is 29.0 Å². The number of hydrogen-bond donors (Lipinski definition) is 2. The number of nitriles is 1. The summed E-state index contributed by atoms with van der Waals surface area (Å²) in [6.07, 6.45) is 3.23. The first-order valence-electron chi connectivity index (χ1n) is 29.8. The van der Waals surface area contributed by atoms with E-state index in [9.17, 15) is 19.6 Å². The maximum atomic E-state index is 14.4. The van der Waals surface area contributed by atoms with E-state index in [1.165, 1.54) is 16.8 Å². The van der Waals surface area contributed by atoms with Crippen LogP contribution in [0.15, 0.2) is 137 Å². The first-order chi connectivity index (χ1) is 41.7. The van der Waals surface area contributed by atoms with Crippen LogP contribution >= 0.6 is 20.1 Å². The van der Waals surface area contributed by atoms with Crippen LogP contribution in [0, 0.1) is 11.3 Å². The Kier molecular flexibility index (Phi) is 24.2. The lowest BCUT2D eigenvalue weighted by atomic mass is 9.80. The summed E-state index contributed by atoms with van der Waals surface area (Å²) < 4.78 is 49.2. The molecule has 8 rings (SSSR count). The SMILES string of the molecule is CCCCCCN(NCCCCCC(=O)c1c2ccc(Cl)cc2nc2ccc(OCC)cc12)O[C@@H]1[C@H](OP(OCCC#N)N(C(C)C)C(C)C)[C@@H](COC(c2ccccc2)(c2ccc(OC)cc2)c2ccc(OC)cc2)O[C@H]1n1ccc(=O)[nH]c1=O. The third-order valence-electron chi connectivity index (χ3n) is 15.1. The third-order valence-corrected chi connectivity index (χ3v) is 17.4. The van der Waals surface area contributed by atoms with Crippen molar-refractivity contribution in [1.82, 2.24) is 29.8 Å². The largest absolute Gasteiger partial charge is 0.497 e. The molecule has 458 valence electrons. The number of rotatable bonds is 34. The molecule has 20 heteroatoms. The Bertz CT molecular complexity index is 3400. The average Bonchev–Trinajstić information content (AvgIpc) is 3.14. The molecule has 1 fully saturated rings. The Hall–Kier alpha value is -6.59. The van der Waals surface area contributed by atoms with E-state index >= 15 is 0 Å². The van der Waals surface area contributed by atoms with Crippen LogP contribution in [-0.4, -0.2) is 108 Å². The quantitative estimate of drug-likeness (QED) is 0.00962. The highest BCUT2D eigenvalue weighted by molar-refractivity contribution is 7.44. The predicted molar refractivity (Wildman–Crippen MR) is 336 cm³/mol. The molecule has 7 aromatic rings. The summed E-state index contributed by atoms with van der Waals surface area (Å²) in [5.41, 5.74) is 5.28. The number of pyridine rings is 1. The molecular weight excluding hydrogens is 1130 g/mol. The molecule has 2 aromatic heterocycles. The van der Waals surface area contributed by atoms with Crippen molar-refractivity contribution in [2.75, 3.05) is 47.1 Å². The van der Waals surface area contributed by atoms with Gasteiger partial charge in [-0.05, 0) is 125 Å². The van der Waals surface area contributed by atoms with Gasteiger partial charge in [-0.2, -0.15) is 5.26 Å². The number of ketones is 1. The molecule has 0 radical (unpaired) electrons. The zero-order valence-electron chi connectivity index (χ0n) is 50.5. The maximum absolute atomic E-state index is 14.4. The van der Waals surface area contributed by atoms with Gasteiger partial charge in [-0.3, -0.25) is 24.0 Å². The number of aromatic nitrogens is 3. The fraction of sp³-hybridized carbons (Fsp3) is 0.439. The van der Waals surface area contributed by atoms with Gasteiger partial charge >= 0.3 is 5.69 Å². The minimum atomic E-state index is -1.96. The van der Waals surface area contributed by atoms with Crippen molar-refractivity contribution >= 4 is 47.7 Å². The topological polar surface area (TPSA) is 201 Å². The van der Waals surface area contributed by atoms with E-state index in [2.05, 4.69) is 55.8 Å². The highest BCUT2D eigenvalue weighted by Gasteiger charge is 2.53. The molecule has 0 bridgehead atoms. The summed E-state index contributed by atoms with van der Waals surface area (Å²) in [6, 6.07) is 39.7. The van der Waals surface area contributed by atoms with E-state index in [1.54, 1.807) is 31.5 Å². The number of methoxy groups -OCH3 is 2. The van der Waals surface area contributed by atoms with Gasteiger partial charge in [0, 0.05) is 65.2 Å². The fourth-order valence-corrected chi connectivity index (χ4v) is 12.9. The molecule has 2 N–H and O–H groups in total. The number of carbonyl (C=O) groups is 1. The van der Waals surface area contributed by atoms with Crippen molar-refractivity contribution in [1.29, 1.82) is 5.26 Å². The van der Waals surface area contributed by atoms with Gasteiger partial charge in [0.05, 0.1) is 57.6 Å². The Balaban J connectivity index is 1.14. The molecular formula is C66H81ClN7O11P.